The first-order valence-corrected chi connectivity index (χ1v) is 9.99. The number of ketones is 1. The number of hydrogen-bond acceptors (Lipinski definition) is 2. The van der Waals surface area contributed by atoms with Crippen LogP contribution in [0, 0.1) is 13.8 Å². The lowest BCUT2D eigenvalue weighted by molar-refractivity contribution is 0.104. The SMILES string of the molecule is Cc1ccc(C(=O)/C=C/C2=C(N3CCCCC3)Cc3ccccc32)c(C)c1. The number of benzene rings is 2. The summed E-state index contributed by atoms with van der Waals surface area (Å²) >= 11 is 0. The summed E-state index contributed by atoms with van der Waals surface area (Å²) in [5, 5.41) is 0. The molecule has 0 unspecified atom stereocenters. The van der Waals surface area contributed by atoms with Gasteiger partial charge in [-0.1, -0.05) is 48.0 Å². The van der Waals surface area contributed by atoms with Gasteiger partial charge in [0.1, 0.15) is 0 Å². The van der Waals surface area contributed by atoms with Gasteiger partial charge in [-0.15, -0.1) is 0 Å². The first-order chi connectivity index (χ1) is 13.1. The molecule has 0 spiro atoms. The van der Waals surface area contributed by atoms with Gasteiger partial charge in [-0.3, -0.25) is 4.79 Å². The Hall–Kier alpha value is -2.61. The van der Waals surface area contributed by atoms with Crippen LogP contribution in [-0.2, 0) is 6.42 Å². The van der Waals surface area contributed by atoms with Crippen LogP contribution in [0.4, 0.5) is 0 Å². The fraction of sp³-hybridized carbons (Fsp3) is 0.320. The van der Waals surface area contributed by atoms with E-state index in [4.69, 9.17) is 0 Å². The van der Waals surface area contributed by atoms with E-state index in [9.17, 15) is 4.79 Å². The van der Waals surface area contributed by atoms with Crippen molar-refractivity contribution in [2.75, 3.05) is 13.1 Å². The molecular weight excluding hydrogens is 330 g/mol. The Kier molecular flexibility index (Phi) is 4.98. The summed E-state index contributed by atoms with van der Waals surface area (Å²) < 4.78 is 0. The van der Waals surface area contributed by atoms with Crippen LogP contribution in [0.15, 0.2) is 60.3 Å². The molecule has 0 aromatic heterocycles. The van der Waals surface area contributed by atoms with Crippen LogP contribution in [0.1, 0.15) is 51.9 Å². The molecule has 0 bridgehead atoms. The molecule has 0 radical (unpaired) electrons. The quantitative estimate of drug-likeness (QED) is 0.532. The van der Waals surface area contributed by atoms with Gasteiger partial charge in [0.2, 0.25) is 0 Å². The summed E-state index contributed by atoms with van der Waals surface area (Å²) in [4.78, 5) is 15.3. The van der Waals surface area contributed by atoms with Crippen molar-refractivity contribution in [1.82, 2.24) is 4.90 Å². The molecule has 1 aliphatic heterocycles. The Labute approximate surface area is 162 Å². The van der Waals surface area contributed by atoms with Gasteiger partial charge in [0.25, 0.3) is 0 Å². The number of rotatable bonds is 4. The molecule has 1 heterocycles. The van der Waals surface area contributed by atoms with Crippen LogP contribution in [-0.4, -0.2) is 23.8 Å². The summed E-state index contributed by atoms with van der Waals surface area (Å²) in [6, 6.07) is 14.6. The van der Waals surface area contributed by atoms with E-state index in [0.717, 1.165) is 30.6 Å². The van der Waals surface area contributed by atoms with Gasteiger partial charge < -0.3 is 4.90 Å². The maximum absolute atomic E-state index is 12.8. The highest BCUT2D eigenvalue weighted by Crippen LogP contribution is 2.36. The fourth-order valence-electron chi connectivity index (χ4n) is 4.34. The molecule has 2 aromatic rings. The topological polar surface area (TPSA) is 20.3 Å². The average molecular weight is 357 g/mol. The standard InChI is InChI=1S/C25H27NO/c1-18-10-11-21(19(2)16-18)25(27)13-12-23-22-9-5-4-8-20(22)17-24(23)26-14-6-3-7-15-26/h4-5,8-13,16H,3,6-7,14-15,17H2,1-2H3/b13-12+. The van der Waals surface area contributed by atoms with Gasteiger partial charge in [0, 0.05) is 36.3 Å². The Morgan fingerprint density at radius 2 is 1.78 bits per heavy atom. The minimum atomic E-state index is 0.0855. The largest absolute Gasteiger partial charge is 0.374 e. The Bertz CT molecular complexity index is 929. The summed E-state index contributed by atoms with van der Waals surface area (Å²) in [6.45, 7) is 6.33. The van der Waals surface area contributed by atoms with E-state index in [1.165, 1.54) is 47.2 Å². The number of nitrogens with zero attached hydrogens (tertiary/aromatic N) is 1. The van der Waals surface area contributed by atoms with E-state index in [2.05, 4.69) is 48.2 Å². The first-order valence-electron chi connectivity index (χ1n) is 9.99. The molecule has 0 atom stereocenters. The lowest BCUT2D eigenvalue weighted by Gasteiger charge is -2.30. The molecular formula is C25H27NO. The Balaban J connectivity index is 1.67. The van der Waals surface area contributed by atoms with Crippen molar-refractivity contribution >= 4 is 11.4 Å². The maximum Gasteiger partial charge on any atom is 0.186 e. The zero-order valence-corrected chi connectivity index (χ0v) is 16.3. The molecule has 2 nitrogen and oxygen atoms in total. The molecule has 2 aromatic carbocycles. The minimum absolute atomic E-state index is 0.0855. The summed E-state index contributed by atoms with van der Waals surface area (Å²) in [5.41, 5.74) is 8.29. The van der Waals surface area contributed by atoms with Crippen LogP contribution in [0.25, 0.3) is 5.57 Å². The average Bonchev–Trinajstić information content (AvgIpc) is 3.05. The molecule has 2 aliphatic rings. The second-order valence-corrected chi connectivity index (χ2v) is 7.76. The highest BCUT2D eigenvalue weighted by atomic mass is 16.1. The molecule has 0 N–H and O–H groups in total. The van der Waals surface area contributed by atoms with Gasteiger partial charge >= 0.3 is 0 Å². The van der Waals surface area contributed by atoms with Gasteiger partial charge in [-0.25, -0.2) is 0 Å². The lowest BCUT2D eigenvalue weighted by Crippen LogP contribution is -2.29. The zero-order chi connectivity index (χ0) is 18.8. The molecule has 1 saturated heterocycles. The molecule has 138 valence electrons. The van der Waals surface area contributed by atoms with E-state index >= 15 is 0 Å². The van der Waals surface area contributed by atoms with Gasteiger partial charge in [0.15, 0.2) is 5.78 Å². The minimum Gasteiger partial charge on any atom is -0.374 e. The summed E-state index contributed by atoms with van der Waals surface area (Å²) in [7, 11) is 0. The zero-order valence-electron chi connectivity index (χ0n) is 16.3. The Morgan fingerprint density at radius 1 is 1.00 bits per heavy atom. The van der Waals surface area contributed by atoms with Crippen molar-refractivity contribution in [3.8, 4) is 0 Å². The molecule has 1 fully saturated rings. The van der Waals surface area contributed by atoms with Crippen molar-refractivity contribution in [1.29, 1.82) is 0 Å². The third-order valence-electron chi connectivity index (χ3n) is 5.76. The molecule has 27 heavy (non-hydrogen) atoms. The fourth-order valence-corrected chi connectivity index (χ4v) is 4.34. The van der Waals surface area contributed by atoms with Crippen molar-refractivity contribution in [2.24, 2.45) is 0 Å². The van der Waals surface area contributed by atoms with E-state index in [-0.39, 0.29) is 5.78 Å². The maximum atomic E-state index is 12.8. The smallest absolute Gasteiger partial charge is 0.186 e. The van der Waals surface area contributed by atoms with Crippen molar-refractivity contribution in [3.63, 3.8) is 0 Å². The van der Waals surface area contributed by atoms with Gasteiger partial charge in [-0.05, 0) is 62.0 Å². The number of aryl methyl sites for hydroxylation is 2. The molecule has 1 aliphatic carbocycles. The number of carbonyl (C=O) groups is 1. The highest BCUT2D eigenvalue weighted by molar-refractivity contribution is 6.07. The second kappa shape index (κ2) is 7.56. The lowest BCUT2D eigenvalue weighted by atomic mass is 10.00. The monoisotopic (exact) mass is 357 g/mol. The molecule has 4 rings (SSSR count). The number of hydrogen-bond donors (Lipinski definition) is 0. The predicted molar refractivity (Wildman–Crippen MR) is 112 cm³/mol. The predicted octanol–water partition coefficient (Wildman–Crippen LogP) is 5.50. The van der Waals surface area contributed by atoms with Gasteiger partial charge in [-0.2, -0.15) is 0 Å². The van der Waals surface area contributed by atoms with Crippen molar-refractivity contribution in [3.05, 3.63) is 88.1 Å². The first kappa shape index (κ1) is 17.8. The van der Waals surface area contributed by atoms with Crippen LogP contribution in [0.5, 0.6) is 0 Å². The number of likely N-dealkylation sites (tertiary alicyclic amines) is 1. The Morgan fingerprint density at radius 3 is 2.56 bits per heavy atom. The van der Waals surface area contributed by atoms with E-state index < -0.39 is 0 Å². The van der Waals surface area contributed by atoms with Crippen LogP contribution in [0.2, 0.25) is 0 Å². The number of fused-ring (bicyclic) bond motifs is 1. The highest BCUT2D eigenvalue weighted by Gasteiger charge is 2.24. The van der Waals surface area contributed by atoms with E-state index in [1.54, 1.807) is 6.08 Å². The second-order valence-electron chi connectivity index (χ2n) is 7.76. The number of carbonyl (C=O) groups excluding carboxylic acids is 1. The van der Waals surface area contributed by atoms with E-state index in [0.29, 0.717) is 0 Å². The van der Waals surface area contributed by atoms with Crippen LogP contribution >= 0.6 is 0 Å². The van der Waals surface area contributed by atoms with Crippen molar-refractivity contribution in [2.45, 2.75) is 39.5 Å². The van der Waals surface area contributed by atoms with Gasteiger partial charge in [0.05, 0.1) is 0 Å². The molecule has 2 heteroatoms. The van der Waals surface area contributed by atoms with Crippen LogP contribution in [0.3, 0.4) is 0 Å². The molecule has 0 amide bonds. The summed E-state index contributed by atoms with van der Waals surface area (Å²) in [6.07, 6.45) is 8.65. The van der Waals surface area contributed by atoms with E-state index in [1.807, 2.05) is 19.1 Å². The summed E-state index contributed by atoms with van der Waals surface area (Å²) in [5.74, 6) is 0.0855. The normalized spacial score (nSPS) is 16.9. The number of piperidine rings is 1. The van der Waals surface area contributed by atoms with Crippen molar-refractivity contribution < 1.29 is 4.79 Å². The third kappa shape index (κ3) is 3.62. The third-order valence-corrected chi connectivity index (χ3v) is 5.76. The number of allylic oxidation sites excluding steroid dienone is 4. The van der Waals surface area contributed by atoms with Crippen LogP contribution < -0.4 is 0 Å². The molecule has 0 saturated carbocycles.